The Hall–Kier alpha value is -1.92. The standard InChI is InChI=1S/C19H24BNO4/c1-18(2)19(3,4)25-20(24-18)14-7-9-15(10-8-14)21-17(23)13-5-11-16(22)12-6-13/h5,7-10H,6,11-12H2,1-4H3,(H,21,23). The Bertz CT molecular complexity index is 705. The molecule has 25 heavy (non-hydrogen) atoms. The molecule has 132 valence electrons. The van der Waals surface area contributed by atoms with E-state index in [1.54, 1.807) is 6.08 Å². The summed E-state index contributed by atoms with van der Waals surface area (Å²) in [6, 6.07) is 7.48. The van der Waals surface area contributed by atoms with Crippen LogP contribution in [0.25, 0.3) is 0 Å². The molecule has 5 nitrogen and oxygen atoms in total. The first-order chi connectivity index (χ1) is 11.7. The number of hydrogen-bond acceptors (Lipinski definition) is 4. The largest absolute Gasteiger partial charge is 0.494 e. The molecule has 1 aromatic carbocycles. The molecule has 1 amide bonds. The minimum atomic E-state index is -0.415. The molecule has 0 unspecified atom stereocenters. The van der Waals surface area contributed by atoms with Crippen LogP contribution in [0.2, 0.25) is 0 Å². The summed E-state index contributed by atoms with van der Waals surface area (Å²) >= 11 is 0. The van der Waals surface area contributed by atoms with Crippen molar-refractivity contribution in [1.82, 2.24) is 0 Å². The molecule has 0 bridgehead atoms. The average Bonchev–Trinajstić information content (AvgIpc) is 2.76. The maximum Gasteiger partial charge on any atom is 0.494 e. The topological polar surface area (TPSA) is 64.6 Å². The summed E-state index contributed by atoms with van der Waals surface area (Å²) in [7, 11) is -0.415. The fraction of sp³-hybridized carbons (Fsp3) is 0.474. The number of carbonyl (C=O) groups excluding carboxylic acids is 2. The third-order valence-electron chi connectivity index (χ3n) is 5.23. The predicted octanol–water partition coefficient (Wildman–Crippen LogP) is 2.60. The minimum Gasteiger partial charge on any atom is -0.399 e. The van der Waals surface area contributed by atoms with Crippen LogP contribution in [0.3, 0.4) is 0 Å². The second-order valence-electron chi connectivity index (χ2n) is 7.64. The number of allylic oxidation sites excluding steroid dienone is 1. The number of benzene rings is 1. The van der Waals surface area contributed by atoms with E-state index in [-0.39, 0.29) is 22.9 Å². The molecule has 1 fully saturated rings. The van der Waals surface area contributed by atoms with E-state index in [9.17, 15) is 9.59 Å². The Labute approximate surface area is 148 Å². The van der Waals surface area contributed by atoms with E-state index in [1.807, 2.05) is 52.0 Å². The van der Waals surface area contributed by atoms with Crippen molar-refractivity contribution in [3.63, 3.8) is 0 Å². The number of ketones is 1. The van der Waals surface area contributed by atoms with Gasteiger partial charge in [-0.2, -0.15) is 0 Å². The van der Waals surface area contributed by atoms with Gasteiger partial charge in [0.2, 0.25) is 0 Å². The first-order valence-electron chi connectivity index (χ1n) is 8.66. The summed E-state index contributed by atoms with van der Waals surface area (Å²) in [4.78, 5) is 23.5. The zero-order chi connectivity index (χ0) is 18.2. The smallest absolute Gasteiger partial charge is 0.399 e. The van der Waals surface area contributed by atoms with Crippen LogP contribution in [-0.4, -0.2) is 30.0 Å². The van der Waals surface area contributed by atoms with Crippen molar-refractivity contribution in [2.45, 2.75) is 58.2 Å². The van der Waals surface area contributed by atoms with Gasteiger partial charge in [0.1, 0.15) is 5.78 Å². The van der Waals surface area contributed by atoms with E-state index < -0.39 is 7.12 Å². The van der Waals surface area contributed by atoms with Crippen LogP contribution < -0.4 is 10.8 Å². The molecule has 1 aliphatic heterocycles. The summed E-state index contributed by atoms with van der Waals surface area (Å²) in [6.45, 7) is 8.07. The van der Waals surface area contributed by atoms with Crippen molar-refractivity contribution in [1.29, 1.82) is 0 Å². The normalized spacial score (nSPS) is 21.8. The van der Waals surface area contributed by atoms with E-state index in [4.69, 9.17) is 9.31 Å². The molecule has 1 aliphatic carbocycles. The first-order valence-corrected chi connectivity index (χ1v) is 8.66. The number of anilines is 1. The van der Waals surface area contributed by atoms with Gasteiger partial charge in [-0.3, -0.25) is 9.59 Å². The maximum absolute atomic E-state index is 12.2. The number of hydrogen-bond donors (Lipinski definition) is 1. The molecule has 0 atom stereocenters. The third kappa shape index (κ3) is 3.70. The number of Topliss-reactive ketones (excluding diaryl/α,β-unsaturated/α-hetero) is 1. The Balaban J connectivity index is 1.65. The SMILES string of the molecule is CC1(C)OB(c2ccc(NC(=O)C3=CCC(=O)CC3)cc2)OC1(C)C. The predicted molar refractivity (Wildman–Crippen MR) is 97.7 cm³/mol. The zero-order valence-electron chi connectivity index (χ0n) is 15.2. The Morgan fingerprint density at radius 3 is 2.16 bits per heavy atom. The van der Waals surface area contributed by atoms with Crippen LogP contribution in [0, 0.1) is 0 Å². The van der Waals surface area contributed by atoms with Crippen LogP contribution in [0.1, 0.15) is 47.0 Å². The molecule has 1 saturated heterocycles. The highest BCUT2D eigenvalue weighted by atomic mass is 16.7. The number of rotatable bonds is 3. The van der Waals surface area contributed by atoms with Crippen LogP contribution in [0.5, 0.6) is 0 Å². The second kappa shape index (κ2) is 6.43. The average molecular weight is 341 g/mol. The molecule has 2 aliphatic rings. The highest BCUT2D eigenvalue weighted by Crippen LogP contribution is 2.36. The quantitative estimate of drug-likeness (QED) is 0.859. The lowest BCUT2D eigenvalue weighted by Crippen LogP contribution is -2.41. The summed E-state index contributed by atoms with van der Waals surface area (Å²) < 4.78 is 12.1. The van der Waals surface area contributed by atoms with E-state index in [1.165, 1.54) is 0 Å². The number of carbonyl (C=O) groups is 2. The van der Waals surface area contributed by atoms with Crippen LogP contribution in [-0.2, 0) is 18.9 Å². The van der Waals surface area contributed by atoms with Gasteiger partial charge in [-0.1, -0.05) is 18.2 Å². The molecule has 6 heteroatoms. The van der Waals surface area contributed by atoms with Gasteiger partial charge in [-0.05, 0) is 51.7 Å². The van der Waals surface area contributed by atoms with Gasteiger partial charge >= 0.3 is 7.12 Å². The highest BCUT2D eigenvalue weighted by Gasteiger charge is 2.51. The van der Waals surface area contributed by atoms with Gasteiger partial charge in [0, 0.05) is 24.1 Å². The van der Waals surface area contributed by atoms with E-state index in [0.29, 0.717) is 30.5 Å². The molecule has 1 N–H and O–H groups in total. The molecule has 0 aromatic heterocycles. The lowest BCUT2D eigenvalue weighted by Gasteiger charge is -2.32. The van der Waals surface area contributed by atoms with Gasteiger partial charge in [-0.25, -0.2) is 0 Å². The molecular weight excluding hydrogens is 317 g/mol. The summed E-state index contributed by atoms with van der Waals surface area (Å²) in [6.07, 6.45) is 3.03. The Morgan fingerprint density at radius 2 is 1.64 bits per heavy atom. The molecule has 1 heterocycles. The Morgan fingerprint density at radius 1 is 1.04 bits per heavy atom. The first kappa shape index (κ1) is 17.9. The number of nitrogens with one attached hydrogen (secondary N) is 1. The van der Waals surface area contributed by atoms with Crippen LogP contribution in [0.15, 0.2) is 35.9 Å². The molecule has 3 rings (SSSR count). The van der Waals surface area contributed by atoms with Crippen LogP contribution in [0.4, 0.5) is 5.69 Å². The van der Waals surface area contributed by atoms with E-state index >= 15 is 0 Å². The molecule has 1 aromatic rings. The van der Waals surface area contributed by atoms with Gasteiger partial charge in [0.05, 0.1) is 11.2 Å². The lowest BCUT2D eigenvalue weighted by atomic mass is 9.79. The minimum absolute atomic E-state index is 0.143. The molecule has 0 spiro atoms. The van der Waals surface area contributed by atoms with Gasteiger partial charge < -0.3 is 14.6 Å². The maximum atomic E-state index is 12.2. The molecule has 0 saturated carbocycles. The van der Waals surface area contributed by atoms with Gasteiger partial charge in [0.25, 0.3) is 5.91 Å². The Kier molecular flexibility index (Phi) is 4.60. The van der Waals surface area contributed by atoms with E-state index in [0.717, 1.165) is 5.46 Å². The third-order valence-corrected chi connectivity index (χ3v) is 5.23. The van der Waals surface area contributed by atoms with Crippen LogP contribution >= 0.6 is 0 Å². The zero-order valence-corrected chi connectivity index (χ0v) is 15.2. The van der Waals surface area contributed by atoms with Crippen molar-refractivity contribution in [3.8, 4) is 0 Å². The van der Waals surface area contributed by atoms with Crippen molar-refractivity contribution >= 4 is 30.0 Å². The van der Waals surface area contributed by atoms with Gasteiger partial charge in [-0.15, -0.1) is 0 Å². The monoisotopic (exact) mass is 341 g/mol. The summed E-state index contributed by atoms with van der Waals surface area (Å²) in [5, 5.41) is 2.88. The molecular formula is C19H24BNO4. The van der Waals surface area contributed by atoms with Crippen molar-refractivity contribution in [2.75, 3.05) is 5.32 Å². The summed E-state index contributed by atoms with van der Waals surface area (Å²) in [5.41, 5.74) is 1.54. The fourth-order valence-corrected chi connectivity index (χ4v) is 2.84. The summed E-state index contributed by atoms with van der Waals surface area (Å²) in [5.74, 6) is 0.0409. The fourth-order valence-electron chi connectivity index (χ4n) is 2.84. The van der Waals surface area contributed by atoms with E-state index in [2.05, 4.69) is 5.32 Å². The highest BCUT2D eigenvalue weighted by molar-refractivity contribution is 6.62. The second-order valence-corrected chi connectivity index (χ2v) is 7.64. The van der Waals surface area contributed by atoms with Crippen molar-refractivity contribution in [3.05, 3.63) is 35.9 Å². The van der Waals surface area contributed by atoms with Crippen molar-refractivity contribution < 1.29 is 18.9 Å². The van der Waals surface area contributed by atoms with Crippen molar-refractivity contribution in [2.24, 2.45) is 0 Å². The number of amides is 1. The molecule has 0 radical (unpaired) electrons. The lowest BCUT2D eigenvalue weighted by molar-refractivity contribution is -0.118. The van der Waals surface area contributed by atoms with Gasteiger partial charge in [0.15, 0.2) is 0 Å².